The van der Waals surface area contributed by atoms with Gasteiger partial charge in [-0.1, -0.05) is 12.1 Å². The number of para-hydroxylation sites is 2. The van der Waals surface area contributed by atoms with Gasteiger partial charge >= 0.3 is 0 Å². The van der Waals surface area contributed by atoms with Crippen LogP contribution in [-0.4, -0.2) is 49.1 Å². The van der Waals surface area contributed by atoms with Crippen molar-refractivity contribution in [3.8, 4) is 16.3 Å². The highest BCUT2D eigenvalue weighted by molar-refractivity contribution is 7.17. The largest absolute Gasteiger partial charge is 0.495 e. The number of aromatic nitrogens is 1. The van der Waals surface area contributed by atoms with Gasteiger partial charge in [-0.2, -0.15) is 0 Å². The van der Waals surface area contributed by atoms with Gasteiger partial charge in [-0.15, -0.1) is 11.3 Å². The van der Waals surface area contributed by atoms with Gasteiger partial charge in [0, 0.05) is 31.7 Å². The van der Waals surface area contributed by atoms with E-state index in [1.807, 2.05) is 36.1 Å². The van der Waals surface area contributed by atoms with Gasteiger partial charge in [-0.25, -0.2) is 9.37 Å². The van der Waals surface area contributed by atoms with Crippen LogP contribution in [0.15, 0.2) is 48.5 Å². The van der Waals surface area contributed by atoms with Crippen molar-refractivity contribution in [3.63, 3.8) is 0 Å². The van der Waals surface area contributed by atoms with Gasteiger partial charge < -0.3 is 14.5 Å². The molecular weight excluding hydrogens is 389 g/mol. The third-order valence-electron chi connectivity index (χ3n) is 5.07. The van der Waals surface area contributed by atoms with Crippen LogP contribution in [0.1, 0.15) is 15.4 Å². The van der Waals surface area contributed by atoms with Gasteiger partial charge in [0.1, 0.15) is 21.5 Å². The van der Waals surface area contributed by atoms with Crippen molar-refractivity contribution in [2.24, 2.45) is 0 Å². The lowest BCUT2D eigenvalue weighted by molar-refractivity contribution is 0.0750. The zero-order chi connectivity index (χ0) is 20.4. The summed E-state index contributed by atoms with van der Waals surface area (Å²) in [7, 11) is 1.67. The molecule has 0 N–H and O–H groups in total. The molecule has 0 aliphatic carbocycles. The summed E-state index contributed by atoms with van der Waals surface area (Å²) < 4.78 is 18.6. The number of carbonyl (C=O) groups is 1. The lowest BCUT2D eigenvalue weighted by Gasteiger charge is -2.36. The van der Waals surface area contributed by atoms with Gasteiger partial charge in [0.25, 0.3) is 5.91 Å². The summed E-state index contributed by atoms with van der Waals surface area (Å²) in [5, 5.41) is 0.735. The smallest absolute Gasteiger partial charge is 0.265 e. The molecule has 0 bridgehead atoms. The molecule has 1 amide bonds. The number of anilines is 1. The van der Waals surface area contributed by atoms with Crippen LogP contribution in [-0.2, 0) is 0 Å². The van der Waals surface area contributed by atoms with E-state index in [4.69, 9.17) is 4.74 Å². The van der Waals surface area contributed by atoms with Gasteiger partial charge in [0.2, 0.25) is 0 Å². The van der Waals surface area contributed by atoms with Crippen molar-refractivity contribution >= 4 is 22.9 Å². The van der Waals surface area contributed by atoms with Crippen LogP contribution in [0.25, 0.3) is 10.6 Å². The van der Waals surface area contributed by atoms with Crippen molar-refractivity contribution in [2.45, 2.75) is 6.92 Å². The van der Waals surface area contributed by atoms with Crippen molar-refractivity contribution in [2.75, 3.05) is 38.2 Å². The van der Waals surface area contributed by atoms with Crippen LogP contribution in [0.2, 0.25) is 0 Å². The number of aryl methyl sites for hydroxylation is 1. The van der Waals surface area contributed by atoms with E-state index in [1.165, 1.54) is 23.5 Å². The second kappa shape index (κ2) is 8.21. The van der Waals surface area contributed by atoms with Crippen LogP contribution in [0.5, 0.6) is 5.75 Å². The molecule has 1 fully saturated rings. The summed E-state index contributed by atoms with van der Waals surface area (Å²) in [6.07, 6.45) is 0. The second-order valence-electron chi connectivity index (χ2n) is 6.89. The molecule has 0 unspecified atom stereocenters. The highest BCUT2D eigenvalue weighted by atomic mass is 32.1. The molecule has 7 heteroatoms. The number of hydrogen-bond acceptors (Lipinski definition) is 5. The minimum Gasteiger partial charge on any atom is -0.495 e. The molecule has 1 aliphatic heterocycles. The van der Waals surface area contributed by atoms with E-state index in [1.54, 1.807) is 19.2 Å². The number of rotatable bonds is 4. The van der Waals surface area contributed by atoms with Crippen LogP contribution < -0.4 is 9.64 Å². The molecule has 3 aromatic rings. The fourth-order valence-electron chi connectivity index (χ4n) is 3.50. The molecule has 150 valence electrons. The Bertz CT molecular complexity index is 1010. The summed E-state index contributed by atoms with van der Waals surface area (Å²) >= 11 is 1.37. The number of carbonyl (C=O) groups excluding carboxylic acids is 1. The number of hydrogen-bond donors (Lipinski definition) is 0. The Hall–Kier alpha value is -2.93. The molecule has 1 saturated heterocycles. The maximum atomic E-state index is 13.2. The number of methoxy groups -OCH3 is 1. The molecule has 0 spiro atoms. The zero-order valence-electron chi connectivity index (χ0n) is 16.4. The maximum Gasteiger partial charge on any atom is 0.265 e. The van der Waals surface area contributed by atoms with Gasteiger partial charge in [0.05, 0.1) is 18.5 Å². The van der Waals surface area contributed by atoms with Gasteiger partial charge in [-0.3, -0.25) is 4.79 Å². The molecule has 29 heavy (non-hydrogen) atoms. The number of ether oxygens (including phenoxy) is 1. The summed E-state index contributed by atoms with van der Waals surface area (Å²) in [5.74, 6) is 0.564. The molecule has 0 saturated carbocycles. The molecule has 2 aromatic carbocycles. The molecule has 5 nitrogen and oxygen atoms in total. The highest BCUT2D eigenvalue weighted by Gasteiger charge is 2.26. The minimum absolute atomic E-state index is 0.00744. The average molecular weight is 412 g/mol. The minimum atomic E-state index is -0.286. The number of nitrogens with zero attached hydrogens (tertiary/aromatic N) is 3. The predicted octanol–water partition coefficient (Wildman–Crippen LogP) is 4.23. The van der Waals surface area contributed by atoms with Crippen molar-refractivity contribution in [3.05, 3.63) is 64.9 Å². The molecule has 4 rings (SSSR count). The van der Waals surface area contributed by atoms with E-state index >= 15 is 0 Å². The molecule has 0 atom stereocenters. The molecule has 2 heterocycles. The van der Waals surface area contributed by atoms with Crippen molar-refractivity contribution in [1.82, 2.24) is 9.88 Å². The Morgan fingerprint density at radius 3 is 2.45 bits per heavy atom. The highest BCUT2D eigenvalue weighted by Crippen LogP contribution is 2.31. The summed E-state index contributed by atoms with van der Waals surface area (Å²) in [6.45, 7) is 4.62. The topological polar surface area (TPSA) is 45.7 Å². The first kappa shape index (κ1) is 19.4. The van der Waals surface area contributed by atoms with E-state index in [0.717, 1.165) is 35.1 Å². The van der Waals surface area contributed by atoms with E-state index in [2.05, 4.69) is 9.88 Å². The maximum absolute atomic E-state index is 13.2. The third-order valence-corrected chi connectivity index (χ3v) is 6.27. The van der Waals surface area contributed by atoms with Crippen molar-refractivity contribution < 1.29 is 13.9 Å². The fraction of sp³-hybridized carbons (Fsp3) is 0.273. The van der Waals surface area contributed by atoms with E-state index < -0.39 is 0 Å². The van der Waals surface area contributed by atoms with Crippen LogP contribution in [0.4, 0.5) is 10.1 Å². The molecular formula is C22H22FN3O2S. The number of thiazole rings is 1. The first-order valence-corrected chi connectivity index (χ1v) is 10.3. The first-order chi connectivity index (χ1) is 14.1. The second-order valence-corrected chi connectivity index (χ2v) is 7.89. The molecule has 1 aliphatic rings. The normalized spacial score (nSPS) is 14.2. The monoisotopic (exact) mass is 411 g/mol. The number of halogens is 1. The summed E-state index contributed by atoms with van der Waals surface area (Å²) in [5.41, 5.74) is 2.58. The van der Waals surface area contributed by atoms with Crippen LogP contribution >= 0.6 is 11.3 Å². The summed E-state index contributed by atoms with van der Waals surface area (Å²) in [6, 6.07) is 14.1. The SMILES string of the molecule is COc1ccccc1N1CCN(C(=O)c2sc(-c3ccc(F)cc3)nc2C)CC1. The standard InChI is InChI=1S/C22H22FN3O2S/c1-15-20(29-21(24-15)16-7-9-17(23)10-8-16)22(27)26-13-11-25(12-14-26)18-5-3-4-6-19(18)28-2/h3-10H,11-14H2,1-2H3. The molecule has 0 radical (unpaired) electrons. The van der Waals surface area contributed by atoms with Gasteiger partial charge in [-0.05, 0) is 43.3 Å². The first-order valence-electron chi connectivity index (χ1n) is 9.47. The average Bonchev–Trinajstić information content (AvgIpc) is 3.15. The fourth-order valence-corrected chi connectivity index (χ4v) is 4.54. The zero-order valence-corrected chi connectivity index (χ0v) is 17.2. The quantitative estimate of drug-likeness (QED) is 0.645. The number of piperazine rings is 1. The third kappa shape index (κ3) is 3.96. The van der Waals surface area contributed by atoms with E-state index in [9.17, 15) is 9.18 Å². The van der Waals surface area contributed by atoms with Crippen molar-refractivity contribution in [1.29, 1.82) is 0 Å². The Kier molecular flexibility index (Phi) is 5.49. The van der Waals surface area contributed by atoms with Gasteiger partial charge in [0.15, 0.2) is 0 Å². The van der Waals surface area contributed by atoms with E-state index in [-0.39, 0.29) is 11.7 Å². The Morgan fingerprint density at radius 2 is 1.76 bits per heavy atom. The van der Waals surface area contributed by atoms with Crippen LogP contribution in [0.3, 0.4) is 0 Å². The lowest BCUT2D eigenvalue weighted by atomic mass is 10.2. The Labute approximate surface area is 173 Å². The van der Waals surface area contributed by atoms with Crippen LogP contribution in [0, 0.1) is 12.7 Å². The molecule has 1 aromatic heterocycles. The Morgan fingerprint density at radius 1 is 1.07 bits per heavy atom. The van der Waals surface area contributed by atoms with E-state index in [0.29, 0.717) is 23.7 Å². The lowest BCUT2D eigenvalue weighted by Crippen LogP contribution is -2.48. The summed E-state index contributed by atoms with van der Waals surface area (Å²) in [4.78, 5) is 22.4. The predicted molar refractivity (Wildman–Crippen MR) is 113 cm³/mol. The number of amides is 1. The number of benzene rings is 2. The Balaban J connectivity index is 1.47.